The van der Waals surface area contributed by atoms with Crippen molar-refractivity contribution in [2.45, 2.75) is 31.0 Å². The van der Waals surface area contributed by atoms with Gasteiger partial charge in [0.2, 0.25) is 0 Å². The Morgan fingerprint density at radius 3 is 3.17 bits per heavy atom. The second-order valence-corrected chi connectivity index (χ2v) is 3.95. The third kappa shape index (κ3) is 3.78. The Morgan fingerprint density at radius 2 is 2.58 bits per heavy atom. The van der Waals surface area contributed by atoms with Crippen molar-refractivity contribution in [3.8, 4) is 0 Å². The molecule has 1 aromatic rings. The Kier molecular flexibility index (Phi) is 4.18. The number of nitrogens with one attached hydrogen (secondary N) is 1. The number of H-pyrrole nitrogens is 1. The number of hydrogen-bond acceptors (Lipinski definition) is 3. The van der Waals surface area contributed by atoms with Crippen LogP contribution in [0, 0.1) is 0 Å². The summed E-state index contributed by atoms with van der Waals surface area (Å²) in [5.74, 6) is 1.09. The van der Waals surface area contributed by atoms with E-state index >= 15 is 0 Å². The Labute approximate surface area is 77.1 Å². The summed E-state index contributed by atoms with van der Waals surface area (Å²) in [6.45, 7) is 2.04. The molecule has 1 rings (SSSR count). The standard InChI is InChI=1S/C8H15N3S/c1-7(9)3-2-6-12-8-10-4-5-11-8/h4-5,7H,2-3,6,9H2,1H3,(H,10,11). The number of aromatic nitrogens is 2. The smallest absolute Gasteiger partial charge is 0.165 e. The van der Waals surface area contributed by atoms with Crippen molar-refractivity contribution >= 4 is 11.8 Å². The van der Waals surface area contributed by atoms with Gasteiger partial charge in [-0.05, 0) is 19.8 Å². The molecular weight excluding hydrogens is 170 g/mol. The van der Waals surface area contributed by atoms with Crippen LogP contribution < -0.4 is 5.73 Å². The molecule has 0 aliphatic carbocycles. The number of rotatable bonds is 5. The summed E-state index contributed by atoms with van der Waals surface area (Å²) in [4.78, 5) is 7.15. The van der Waals surface area contributed by atoms with Crippen LogP contribution in [0.3, 0.4) is 0 Å². The van der Waals surface area contributed by atoms with Crippen LogP contribution in [-0.4, -0.2) is 21.8 Å². The number of thioether (sulfide) groups is 1. The molecule has 0 radical (unpaired) electrons. The quantitative estimate of drug-likeness (QED) is 0.541. The molecule has 3 nitrogen and oxygen atoms in total. The molecule has 3 N–H and O–H groups in total. The zero-order chi connectivity index (χ0) is 8.81. The Balaban J connectivity index is 2.04. The van der Waals surface area contributed by atoms with Crippen LogP contribution in [0.15, 0.2) is 17.6 Å². The fourth-order valence-electron chi connectivity index (χ4n) is 0.904. The van der Waals surface area contributed by atoms with E-state index in [2.05, 4.69) is 9.97 Å². The molecule has 0 spiro atoms. The van der Waals surface area contributed by atoms with Crippen LogP contribution >= 0.6 is 11.8 Å². The summed E-state index contributed by atoms with van der Waals surface area (Å²) in [6.07, 6.45) is 5.86. The van der Waals surface area contributed by atoms with E-state index in [4.69, 9.17) is 5.73 Å². The zero-order valence-electron chi connectivity index (χ0n) is 7.29. The van der Waals surface area contributed by atoms with Gasteiger partial charge in [0.25, 0.3) is 0 Å². The molecule has 0 aromatic carbocycles. The lowest BCUT2D eigenvalue weighted by molar-refractivity contribution is 0.656. The molecule has 1 atom stereocenters. The highest BCUT2D eigenvalue weighted by Gasteiger charge is 1.97. The van der Waals surface area contributed by atoms with Gasteiger partial charge >= 0.3 is 0 Å². The molecule has 0 aliphatic rings. The second-order valence-electron chi connectivity index (χ2n) is 2.86. The summed E-state index contributed by atoms with van der Waals surface area (Å²) < 4.78 is 0. The van der Waals surface area contributed by atoms with Gasteiger partial charge in [-0.25, -0.2) is 4.98 Å². The number of nitrogens with two attached hydrogens (primary N) is 1. The zero-order valence-corrected chi connectivity index (χ0v) is 8.10. The van der Waals surface area contributed by atoms with E-state index in [0.29, 0.717) is 6.04 Å². The number of imidazole rings is 1. The first-order valence-electron chi connectivity index (χ1n) is 4.17. The monoisotopic (exact) mass is 185 g/mol. The molecule has 68 valence electrons. The van der Waals surface area contributed by atoms with Crippen LogP contribution in [0.2, 0.25) is 0 Å². The lowest BCUT2D eigenvalue weighted by atomic mass is 10.2. The van der Waals surface area contributed by atoms with Gasteiger partial charge in [0.15, 0.2) is 5.16 Å². The van der Waals surface area contributed by atoms with Gasteiger partial charge < -0.3 is 10.7 Å². The first kappa shape index (κ1) is 9.61. The van der Waals surface area contributed by atoms with Crippen molar-refractivity contribution in [3.63, 3.8) is 0 Å². The van der Waals surface area contributed by atoms with Gasteiger partial charge in [-0.3, -0.25) is 0 Å². The molecule has 12 heavy (non-hydrogen) atoms. The molecule has 0 saturated heterocycles. The molecule has 0 fully saturated rings. The van der Waals surface area contributed by atoms with Gasteiger partial charge in [0.1, 0.15) is 0 Å². The van der Waals surface area contributed by atoms with E-state index in [0.717, 1.165) is 23.8 Å². The Morgan fingerprint density at radius 1 is 1.75 bits per heavy atom. The summed E-state index contributed by atoms with van der Waals surface area (Å²) in [7, 11) is 0. The summed E-state index contributed by atoms with van der Waals surface area (Å²) in [6, 6.07) is 0.321. The van der Waals surface area contributed by atoms with Gasteiger partial charge in [-0.15, -0.1) is 0 Å². The fourth-order valence-corrected chi connectivity index (χ4v) is 1.69. The predicted octanol–water partition coefficient (Wildman–Crippen LogP) is 1.63. The molecule has 1 heterocycles. The Bertz CT molecular complexity index is 196. The van der Waals surface area contributed by atoms with Crippen molar-refractivity contribution in [2.75, 3.05) is 5.75 Å². The highest BCUT2D eigenvalue weighted by molar-refractivity contribution is 7.99. The predicted molar refractivity (Wildman–Crippen MR) is 52.2 cm³/mol. The first-order valence-corrected chi connectivity index (χ1v) is 5.15. The summed E-state index contributed by atoms with van der Waals surface area (Å²) in [5, 5.41) is 1.000. The third-order valence-corrected chi connectivity index (χ3v) is 2.51. The molecule has 4 heteroatoms. The number of hydrogen-bond donors (Lipinski definition) is 2. The van der Waals surface area contributed by atoms with Crippen LogP contribution in [-0.2, 0) is 0 Å². The topological polar surface area (TPSA) is 54.7 Å². The highest BCUT2D eigenvalue weighted by Crippen LogP contribution is 2.13. The molecule has 0 bridgehead atoms. The highest BCUT2D eigenvalue weighted by atomic mass is 32.2. The van der Waals surface area contributed by atoms with Crippen LogP contribution in [0.25, 0.3) is 0 Å². The molecule has 0 amide bonds. The maximum absolute atomic E-state index is 5.62. The summed E-state index contributed by atoms with van der Waals surface area (Å²) >= 11 is 1.75. The average molecular weight is 185 g/mol. The average Bonchev–Trinajstić information content (AvgIpc) is 2.49. The van der Waals surface area contributed by atoms with E-state index in [1.807, 2.05) is 13.1 Å². The second kappa shape index (κ2) is 5.22. The molecule has 0 aliphatic heterocycles. The van der Waals surface area contributed by atoms with Crippen LogP contribution in [0.5, 0.6) is 0 Å². The maximum Gasteiger partial charge on any atom is 0.165 e. The van der Waals surface area contributed by atoms with Gasteiger partial charge in [-0.2, -0.15) is 0 Å². The van der Waals surface area contributed by atoms with Crippen molar-refractivity contribution < 1.29 is 0 Å². The number of aromatic amines is 1. The molecular formula is C8H15N3S. The first-order chi connectivity index (χ1) is 5.79. The van der Waals surface area contributed by atoms with E-state index in [1.54, 1.807) is 18.0 Å². The maximum atomic E-state index is 5.62. The fraction of sp³-hybridized carbons (Fsp3) is 0.625. The van der Waals surface area contributed by atoms with Crippen molar-refractivity contribution in [1.82, 2.24) is 9.97 Å². The summed E-state index contributed by atoms with van der Waals surface area (Å²) in [5.41, 5.74) is 5.62. The van der Waals surface area contributed by atoms with E-state index in [1.165, 1.54) is 0 Å². The van der Waals surface area contributed by atoms with E-state index in [-0.39, 0.29) is 0 Å². The van der Waals surface area contributed by atoms with Crippen molar-refractivity contribution in [3.05, 3.63) is 12.4 Å². The van der Waals surface area contributed by atoms with Crippen LogP contribution in [0.4, 0.5) is 0 Å². The third-order valence-electron chi connectivity index (χ3n) is 1.52. The SMILES string of the molecule is CC(N)CCCSc1ncc[nH]1. The largest absolute Gasteiger partial charge is 0.340 e. The van der Waals surface area contributed by atoms with E-state index in [9.17, 15) is 0 Å². The van der Waals surface area contributed by atoms with Gasteiger partial charge in [0.05, 0.1) is 0 Å². The minimum Gasteiger partial charge on any atom is -0.340 e. The van der Waals surface area contributed by atoms with Crippen LogP contribution in [0.1, 0.15) is 19.8 Å². The van der Waals surface area contributed by atoms with Gasteiger partial charge in [0, 0.05) is 24.2 Å². The minimum atomic E-state index is 0.321. The lowest BCUT2D eigenvalue weighted by Crippen LogP contribution is -2.14. The number of nitrogens with zero attached hydrogens (tertiary/aromatic N) is 1. The normalized spacial score (nSPS) is 13.2. The lowest BCUT2D eigenvalue weighted by Gasteiger charge is -2.02. The minimum absolute atomic E-state index is 0.321. The van der Waals surface area contributed by atoms with Crippen molar-refractivity contribution in [2.24, 2.45) is 5.73 Å². The Hall–Kier alpha value is -0.480. The molecule has 1 unspecified atom stereocenters. The molecule has 1 aromatic heterocycles. The van der Waals surface area contributed by atoms with E-state index < -0.39 is 0 Å². The van der Waals surface area contributed by atoms with Crippen molar-refractivity contribution in [1.29, 1.82) is 0 Å². The van der Waals surface area contributed by atoms with Gasteiger partial charge in [-0.1, -0.05) is 11.8 Å². The molecule has 0 saturated carbocycles.